The molecule has 0 saturated carbocycles. The van der Waals surface area contributed by atoms with Gasteiger partial charge in [0.1, 0.15) is 0 Å². The SMILES string of the molecule is CC12CO[B-](C(F)(F)F)(OC1)OC2. The molecule has 3 aliphatic rings. The van der Waals surface area contributed by atoms with Crippen LogP contribution in [-0.2, 0) is 14.0 Å². The summed E-state index contributed by atoms with van der Waals surface area (Å²) < 4.78 is 51.1. The van der Waals surface area contributed by atoms with E-state index >= 15 is 0 Å². The highest BCUT2D eigenvalue weighted by atomic mass is 19.4. The van der Waals surface area contributed by atoms with Crippen molar-refractivity contribution in [3.8, 4) is 0 Å². The molecule has 3 fully saturated rings. The summed E-state index contributed by atoms with van der Waals surface area (Å²) in [5, 5.41) is 0. The second-order valence-electron chi connectivity index (χ2n) is 3.93. The quantitative estimate of drug-likeness (QED) is 0.544. The molecule has 0 unspecified atom stereocenters. The number of hydrogen-bond acceptors (Lipinski definition) is 3. The lowest BCUT2D eigenvalue weighted by atomic mass is 9.70. The van der Waals surface area contributed by atoms with Gasteiger partial charge in [-0.3, -0.25) is 0 Å². The van der Waals surface area contributed by atoms with E-state index in [0.29, 0.717) is 0 Å². The summed E-state index contributed by atoms with van der Waals surface area (Å²) in [7, 11) is 0. The lowest BCUT2D eigenvalue weighted by Gasteiger charge is -2.57. The molecule has 0 aromatic heterocycles. The average molecular weight is 197 g/mol. The predicted octanol–water partition coefficient (Wildman–Crippen LogP) is 1.11. The van der Waals surface area contributed by atoms with Crippen molar-refractivity contribution in [2.75, 3.05) is 19.8 Å². The molecule has 13 heavy (non-hydrogen) atoms. The molecule has 3 rings (SSSR count). The molecule has 0 aromatic carbocycles. The molecule has 3 saturated heterocycles. The molecule has 3 heterocycles. The highest BCUT2D eigenvalue weighted by molar-refractivity contribution is 6.63. The van der Waals surface area contributed by atoms with E-state index in [9.17, 15) is 13.2 Å². The summed E-state index contributed by atoms with van der Waals surface area (Å²) in [6, 6.07) is 0. The highest BCUT2D eigenvalue weighted by Gasteiger charge is 2.61. The lowest BCUT2D eigenvalue weighted by Crippen LogP contribution is -2.70. The van der Waals surface area contributed by atoms with Crippen LogP contribution in [0, 0.1) is 5.41 Å². The maximum Gasteiger partial charge on any atom is 0.486 e. The van der Waals surface area contributed by atoms with Gasteiger partial charge < -0.3 is 14.0 Å². The number of halogens is 3. The first-order valence-corrected chi connectivity index (χ1v) is 3.99. The first-order chi connectivity index (χ1) is 5.87. The molecule has 0 spiro atoms. The van der Waals surface area contributed by atoms with Crippen LogP contribution in [0.2, 0.25) is 0 Å². The summed E-state index contributed by atoms with van der Waals surface area (Å²) in [4.78, 5) is 0. The minimum absolute atomic E-state index is 0.0481. The Hall–Kier alpha value is -0.265. The number of hydrogen-bond donors (Lipinski definition) is 0. The van der Waals surface area contributed by atoms with Crippen molar-refractivity contribution in [2.45, 2.75) is 13.0 Å². The number of fused-ring (bicyclic) bond motifs is 3. The Morgan fingerprint density at radius 3 is 1.77 bits per heavy atom. The summed E-state index contributed by atoms with van der Waals surface area (Å²) in [6.07, 6.45) is -4.57. The Balaban J connectivity index is 2.20. The summed E-state index contributed by atoms with van der Waals surface area (Å²) in [5.41, 5.74) is -0.422. The van der Waals surface area contributed by atoms with E-state index in [2.05, 4.69) is 14.0 Å². The van der Waals surface area contributed by atoms with E-state index < -0.39 is 18.2 Å². The van der Waals surface area contributed by atoms with Crippen molar-refractivity contribution in [3.63, 3.8) is 0 Å². The van der Waals surface area contributed by atoms with Gasteiger partial charge in [-0.15, -0.1) is 0 Å². The largest absolute Gasteiger partial charge is 0.538 e. The predicted molar refractivity (Wildman–Crippen MR) is 37.8 cm³/mol. The first kappa shape index (κ1) is 9.30. The van der Waals surface area contributed by atoms with Gasteiger partial charge in [-0.25, -0.2) is 13.2 Å². The zero-order valence-corrected chi connectivity index (χ0v) is 7.06. The monoisotopic (exact) mass is 197 g/mol. The van der Waals surface area contributed by atoms with E-state index in [0.717, 1.165) is 0 Å². The van der Waals surface area contributed by atoms with Crippen LogP contribution in [0.5, 0.6) is 0 Å². The minimum atomic E-state index is -4.57. The van der Waals surface area contributed by atoms with Gasteiger partial charge in [-0.05, 0) is 0 Å². The molecule has 3 aliphatic heterocycles. The molecular formula is C6H9BF3O3-. The van der Waals surface area contributed by atoms with Crippen LogP contribution in [-0.4, -0.2) is 32.7 Å². The van der Waals surface area contributed by atoms with Gasteiger partial charge in [0.15, 0.2) is 0 Å². The summed E-state index contributed by atoms with van der Waals surface area (Å²) >= 11 is 0. The molecule has 0 N–H and O–H groups in total. The zero-order valence-electron chi connectivity index (χ0n) is 7.06. The van der Waals surface area contributed by atoms with Crippen molar-refractivity contribution in [3.05, 3.63) is 0 Å². The Kier molecular flexibility index (Phi) is 1.72. The van der Waals surface area contributed by atoms with Crippen molar-refractivity contribution in [1.29, 1.82) is 0 Å². The van der Waals surface area contributed by atoms with Gasteiger partial charge in [-0.2, -0.15) is 0 Å². The van der Waals surface area contributed by atoms with Gasteiger partial charge in [-0.1, -0.05) is 6.92 Å². The molecule has 2 bridgehead atoms. The highest BCUT2D eigenvalue weighted by Crippen LogP contribution is 2.42. The van der Waals surface area contributed by atoms with Crippen LogP contribution in [0.25, 0.3) is 0 Å². The average Bonchev–Trinajstić information content (AvgIpc) is 2.04. The Bertz CT molecular complexity index is 205. The third kappa shape index (κ3) is 1.26. The molecular weight excluding hydrogens is 188 g/mol. The summed E-state index contributed by atoms with van der Waals surface area (Å²) in [6.45, 7) is -1.58. The molecule has 0 atom stereocenters. The third-order valence-corrected chi connectivity index (χ3v) is 2.35. The maximum atomic E-state index is 12.4. The molecule has 76 valence electrons. The van der Waals surface area contributed by atoms with Crippen molar-refractivity contribution in [2.24, 2.45) is 5.41 Å². The van der Waals surface area contributed by atoms with Gasteiger partial charge in [0.05, 0.1) is 0 Å². The van der Waals surface area contributed by atoms with E-state index in [1.165, 1.54) is 0 Å². The van der Waals surface area contributed by atoms with Crippen LogP contribution < -0.4 is 0 Å². The van der Waals surface area contributed by atoms with Crippen LogP contribution in [0.4, 0.5) is 13.2 Å². The molecule has 0 aliphatic carbocycles. The molecule has 0 amide bonds. The standard InChI is InChI=1S/C6H9BF3O3/c1-5-2-11-7(12-3-5,13-4-5)6(8,9)10/h2-4H2,1H3/q-1. The van der Waals surface area contributed by atoms with E-state index in [1.54, 1.807) is 6.92 Å². The number of alkyl halides is 3. The second kappa shape index (κ2) is 2.40. The Morgan fingerprint density at radius 1 is 1.08 bits per heavy atom. The number of rotatable bonds is 0. The fraction of sp³-hybridized carbons (Fsp3) is 1.00. The van der Waals surface area contributed by atoms with Crippen LogP contribution in [0.1, 0.15) is 6.92 Å². The van der Waals surface area contributed by atoms with Crippen LogP contribution in [0.3, 0.4) is 0 Å². The van der Waals surface area contributed by atoms with Gasteiger partial charge >= 0.3 is 12.8 Å². The second-order valence-corrected chi connectivity index (χ2v) is 3.93. The summed E-state index contributed by atoms with van der Waals surface area (Å²) in [5.74, 6) is 0. The molecule has 0 aromatic rings. The van der Waals surface area contributed by atoms with Gasteiger partial charge in [0, 0.05) is 25.2 Å². The Morgan fingerprint density at radius 2 is 1.46 bits per heavy atom. The minimum Gasteiger partial charge on any atom is -0.538 e. The van der Waals surface area contributed by atoms with Gasteiger partial charge in [0.25, 0.3) is 0 Å². The fourth-order valence-electron chi connectivity index (χ4n) is 1.49. The Labute approximate surface area is 73.2 Å². The van der Waals surface area contributed by atoms with E-state index in [1.807, 2.05) is 0 Å². The molecule has 0 radical (unpaired) electrons. The van der Waals surface area contributed by atoms with Crippen LogP contribution >= 0.6 is 0 Å². The van der Waals surface area contributed by atoms with Crippen molar-refractivity contribution < 1.29 is 27.1 Å². The molecule has 7 heteroatoms. The van der Waals surface area contributed by atoms with Crippen molar-refractivity contribution >= 4 is 6.75 Å². The third-order valence-electron chi connectivity index (χ3n) is 2.35. The normalized spacial score (nSPS) is 45.2. The van der Waals surface area contributed by atoms with Crippen LogP contribution in [0.15, 0.2) is 0 Å². The smallest absolute Gasteiger partial charge is 0.486 e. The molecule has 3 nitrogen and oxygen atoms in total. The fourth-order valence-corrected chi connectivity index (χ4v) is 1.49. The first-order valence-electron chi connectivity index (χ1n) is 3.99. The topological polar surface area (TPSA) is 27.7 Å². The lowest BCUT2D eigenvalue weighted by molar-refractivity contribution is -0.204. The van der Waals surface area contributed by atoms with E-state index in [-0.39, 0.29) is 19.8 Å². The van der Waals surface area contributed by atoms with E-state index in [4.69, 9.17) is 0 Å². The van der Waals surface area contributed by atoms with Crippen molar-refractivity contribution in [1.82, 2.24) is 0 Å². The van der Waals surface area contributed by atoms with Gasteiger partial charge in [0.2, 0.25) is 0 Å². The maximum absolute atomic E-state index is 12.4. The zero-order chi connectivity index (χ0) is 9.74.